The zero-order valence-corrected chi connectivity index (χ0v) is 67.5. The van der Waals surface area contributed by atoms with Gasteiger partial charge in [0.2, 0.25) is 0 Å². The average molecular weight is 1640 g/mol. The Hall–Kier alpha value is -7.20. The number of carbonyl (C=O) groups excluding carboxylic acids is 1. The van der Waals surface area contributed by atoms with Crippen LogP contribution in [-0.2, 0) is 134 Å². The zero-order valence-electron chi connectivity index (χ0n) is 65.5. The molecule has 0 radical (unpaired) electrons. The summed E-state index contributed by atoms with van der Waals surface area (Å²) in [4.78, 5) is 19.3. The number of aliphatic hydroxyl groups is 1. The van der Waals surface area contributed by atoms with Gasteiger partial charge in [-0.25, -0.2) is 0 Å². The van der Waals surface area contributed by atoms with Gasteiger partial charge < -0.3 is 125 Å². The van der Waals surface area contributed by atoms with Crippen molar-refractivity contribution in [2.75, 3.05) is 39.6 Å². The summed E-state index contributed by atoms with van der Waals surface area (Å²) in [5.74, 6) is -0.848. The van der Waals surface area contributed by atoms with Crippen LogP contribution in [0.2, 0.25) is 0 Å². The minimum Gasteiger partial charge on any atom is -0.459 e. The van der Waals surface area contributed by atoms with Gasteiger partial charge in [-0.2, -0.15) is 0 Å². The monoisotopic (exact) mass is 1640 g/mol. The molecular weight excluding hydrogens is 1550 g/mol. The topological polar surface area (TPSA) is 409 Å². The molecule has 118 heavy (non-hydrogen) atoms. The molecular formula is C83H94N9NaO25. The smallest absolute Gasteiger partial charge is 0.459 e. The number of rotatable bonds is 21. The molecule has 622 valence electrons. The number of carbonyl (C=O) groups is 1. The Balaban J connectivity index is 0.000000136. The minimum atomic E-state index is -1.13. The quantitative estimate of drug-likeness (QED) is 0.0179. The maximum atomic E-state index is 12.1. The Labute approximate surface area is 702 Å². The maximum Gasteiger partial charge on any atom is 1.00 e. The molecule has 1 N–H and O–H groups in total. The van der Waals surface area contributed by atoms with Crippen molar-refractivity contribution >= 4 is 5.97 Å². The predicted molar refractivity (Wildman–Crippen MR) is 403 cm³/mol. The third-order valence-electron chi connectivity index (χ3n) is 23.0. The zero-order chi connectivity index (χ0) is 80.5. The van der Waals surface area contributed by atoms with Crippen LogP contribution in [0.15, 0.2) is 192 Å². The van der Waals surface area contributed by atoms with E-state index in [1.807, 2.05) is 184 Å². The number of hydrogen-bond acceptors (Lipinski definition) is 27. The fourth-order valence-electron chi connectivity index (χ4n) is 17.1. The van der Waals surface area contributed by atoms with E-state index in [-0.39, 0.29) is 128 Å². The molecule has 15 unspecified atom stereocenters. The van der Waals surface area contributed by atoms with Crippen molar-refractivity contribution in [1.82, 2.24) is 0 Å². The van der Waals surface area contributed by atoms with Crippen molar-refractivity contribution in [3.05, 3.63) is 252 Å². The van der Waals surface area contributed by atoms with Crippen molar-refractivity contribution in [3.63, 3.8) is 0 Å². The summed E-state index contributed by atoms with van der Waals surface area (Å²) in [6.07, 6.45) is -14.6. The van der Waals surface area contributed by atoms with Gasteiger partial charge in [0.25, 0.3) is 0 Å². The number of aliphatic hydroxyl groups excluding tert-OH is 1. The summed E-state index contributed by atoms with van der Waals surface area (Å²) in [6, 6.07) is 57.4. The number of fused-ring (bicyclic) bond motifs is 11. The molecule has 6 bridgehead atoms. The Kier molecular flexibility index (Phi) is 29.2. The van der Waals surface area contributed by atoms with E-state index in [0.29, 0.717) is 39.6 Å². The molecule has 19 rings (SSSR count). The Bertz CT molecular complexity index is 4320. The summed E-state index contributed by atoms with van der Waals surface area (Å²) in [7, 11) is 0. The van der Waals surface area contributed by atoms with Gasteiger partial charge in [0.1, 0.15) is 104 Å². The van der Waals surface area contributed by atoms with Crippen LogP contribution in [-0.4, -0.2) is 217 Å². The summed E-state index contributed by atoms with van der Waals surface area (Å²) in [5.41, 5.74) is 37.6. The molecule has 0 amide bonds. The van der Waals surface area contributed by atoms with Crippen molar-refractivity contribution < 1.29 is 148 Å². The molecule has 13 aliphatic rings. The summed E-state index contributed by atoms with van der Waals surface area (Å²) in [5, 5.41) is 18.5. The molecule has 13 aliphatic heterocycles. The third-order valence-corrected chi connectivity index (χ3v) is 23.0. The normalized spacial score (nSPS) is 39.2. The van der Waals surface area contributed by atoms with E-state index in [1.54, 1.807) is 0 Å². The Morgan fingerprint density at radius 3 is 1.08 bits per heavy atom. The van der Waals surface area contributed by atoms with Crippen LogP contribution in [0.25, 0.3) is 36.9 Å². The first-order valence-electron chi connectivity index (χ1n) is 39.5. The fourth-order valence-corrected chi connectivity index (χ4v) is 17.1. The van der Waals surface area contributed by atoms with Gasteiger partial charge >= 0.3 is 35.5 Å². The fraction of sp³-hybridized carbons (Fsp3) is 0.554. The molecule has 0 aromatic heterocycles. The number of benzene rings is 6. The molecule has 13 saturated heterocycles. The van der Waals surface area contributed by atoms with Gasteiger partial charge in [-0.15, -0.1) is 0 Å². The second kappa shape index (κ2) is 40.2. The van der Waals surface area contributed by atoms with E-state index in [2.05, 4.69) is 39.1 Å². The largest absolute Gasteiger partial charge is 1.00 e. The third kappa shape index (κ3) is 19.6. The first-order valence-corrected chi connectivity index (χ1v) is 39.5. The SMILES string of the molecule is CC(=O)OC1[C@H](N=[N+]=[N-])C2OC[C@@H](O2)[C@H]1O[C@@H]1OC2COC(c3ccccc3)O[C@H]2[C@H](C)C1OCc1ccccc1.C[C@@H]1C(OCc2ccccc2)[C@H](O[C@H]2C(O)[C@H](N=[N+]=[N-])C3OC[C@H]2O3)OC2COC(c3ccccc3)O[C@H]21.C[C@@H]1C(OCc2ccccc2)[C@H](O[C@H]2C3O[C@H]3C3OC[C@H]2O3)OC2COC(c3ccccc3)O[C@H]21.[N-]=[N+]=[N-].[Na+]. The summed E-state index contributed by atoms with van der Waals surface area (Å²) >= 11 is 0. The van der Waals surface area contributed by atoms with Crippen molar-refractivity contribution in [3.8, 4) is 0 Å². The van der Waals surface area contributed by atoms with Gasteiger partial charge in [-0.1, -0.05) is 213 Å². The molecule has 0 spiro atoms. The standard InChI is InChI=1S/C29H33N3O9.C27H31N3O8.C27H30O8.N3.Na/c1-16-23-20(14-35-27(40-23)19-11-7-4-8-12-19)39-29(24(16)34-13-18-9-5-3-6-10-18)41-25-21-15-36-28(38-21)22(31-32-30)26(25)37-17(2)33;1-15-22-18(13-33-25(37-22)17-10-6-3-7-11-17)36-27(23(15)32-12-16-8-4-2-5-9-16)38-24-19-14-34-26(35-19)20(21(24)31)29-30-28;1-15-20-18(13-29-25(34-20)17-10-6-3-7-11-17)32-27(21(15)28-12-16-8-4-2-5-9-16)35-22-19-14-30-26(31-19)24-23(22)33-24;1-3-2;/h3-12,16,20-29H,13-15H2,1-2H3;2-11,15,18-27,31H,12-14H2,1H3;2-11,15,18-27H,12-14H2,1H3;;/q;;;-1;+1/t16-,20?,21+,22-,23-,24?,25+,26?,27?,28?,29-;15-,18?,19+,20-,21?,22-,23?,24+,25?,26?,27-;15-,18?,19+,20-,21?,22+,23?,24+,25?,26?,27-;;/m000../s1. The van der Waals surface area contributed by atoms with Crippen LogP contribution in [0, 0.1) is 17.8 Å². The number of ether oxygens (including phenoxy) is 23. The van der Waals surface area contributed by atoms with E-state index in [4.69, 9.17) is 126 Å². The second-order valence-electron chi connectivity index (χ2n) is 30.6. The first kappa shape index (κ1) is 85.8. The summed E-state index contributed by atoms with van der Waals surface area (Å²) < 4.78 is 142. The van der Waals surface area contributed by atoms with Crippen LogP contribution < -0.4 is 29.6 Å². The molecule has 0 saturated carbocycles. The molecule has 13 fully saturated rings. The van der Waals surface area contributed by atoms with Gasteiger partial charge in [-0.3, -0.25) is 9.71 Å². The molecule has 6 aromatic carbocycles. The van der Waals surface area contributed by atoms with E-state index < -0.39 is 129 Å². The molecule has 33 atom stereocenters. The van der Waals surface area contributed by atoms with Crippen LogP contribution in [0.4, 0.5) is 0 Å². The van der Waals surface area contributed by atoms with Gasteiger partial charge in [0.15, 0.2) is 56.6 Å². The van der Waals surface area contributed by atoms with E-state index in [9.17, 15) is 15.4 Å². The molecule has 0 aliphatic carbocycles. The minimum absolute atomic E-state index is 0. The Morgan fingerprint density at radius 2 is 0.695 bits per heavy atom. The summed E-state index contributed by atoms with van der Waals surface area (Å²) in [6.45, 7) is 10.5. The number of esters is 1. The van der Waals surface area contributed by atoms with Crippen molar-refractivity contribution in [1.29, 1.82) is 0 Å². The second-order valence-corrected chi connectivity index (χ2v) is 30.6. The number of azide groups is 2. The molecule has 6 aromatic rings. The van der Waals surface area contributed by atoms with Crippen molar-refractivity contribution in [2.45, 2.75) is 232 Å². The number of nitrogens with zero attached hydrogens (tertiary/aromatic N) is 9. The predicted octanol–water partition coefficient (Wildman–Crippen LogP) is 7.85. The van der Waals surface area contributed by atoms with Gasteiger partial charge in [0, 0.05) is 51.2 Å². The molecule has 13 heterocycles. The average Bonchev–Trinajstić information content (AvgIpc) is 1.49. The molecule has 35 heteroatoms. The van der Waals surface area contributed by atoms with Gasteiger partial charge in [0.05, 0.1) is 83.9 Å². The van der Waals surface area contributed by atoms with E-state index >= 15 is 0 Å². The first-order chi connectivity index (χ1) is 57.3. The maximum absolute atomic E-state index is 12.1. The van der Waals surface area contributed by atoms with E-state index in [0.717, 1.165) is 33.4 Å². The van der Waals surface area contributed by atoms with E-state index in [1.165, 1.54) is 11.8 Å². The Morgan fingerprint density at radius 1 is 0.373 bits per heavy atom. The van der Waals surface area contributed by atoms with Crippen LogP contribution >= 0.6 is 0 Å². The van der Waals surface area contributed by atoms with Gasteiger partial charge in [-0.05, 0) is 27.8 Å². The number of hydrogen-bond donors (Lipinski definition) is 1. The molecule has 34 nitrogen and oxygen atoms in total. The van der Waals surface area contributed by atoms with Crippen molar-refractivity contribution in [2.24, 2.45) is 28.0 Å². The number of epoxide rings is 1. The van der Waals surface area contributed by atoms with Crippen LogP contribution in [0.3, 0.4) is 0 Å². The van der Waals surface area contributed by atoms with Crippen LogP contribution in [0.1, 0.15) is 79.9 Å². The van der Waals surface area contributed by atoms with Crippen LogP contribution in [0.5, 0.6) is 0 Å².